The lowest BCUT2D eigenvalue weighted by molar-refractivity contribution is -0.154. The molecule has 0 radical (unpaired) electrons. The van der Waals surface area contributed by atoms with Crippen molar-refractivity contribution in [2.24, 2.45) is 0 Å². The molecule has 0 bridgehead atoms. The molecule has 1 heterocycles. The standard InChI is InChI=1S/C10H18O3/c1-5-7(2)12-8-6-10(3,4)13-9(8)11/h7-8H,5-6H2,1-4H3. The maximum absolute atomic E-state index is 11.3. The molecule has 1 saturated heterocycles. The van der Waals surface area contributed by atoms with Gasteiger partial charge in [-0.15, -0.1) is 0 Å². The average Bonchev–Trinajstić information content (AvgIpc) is 2.24. The molecular weight excluding hydrogens is 168 g/mol. The Kier molecular flexibility index (Phi) is 2.96. The fraction of sp³-hybridized carbons (Fsp3) is 0.900. The Balaban J connectivity index is 2.49. The van der Waals surface area contributed by atoms with Gasteiger partial charge in [-0.2, -0.15) is 0 Å². The number of hydrogen-bond acceptors (Lipinski definition) is 3. The fourth-order valence-corrected chi connectivity index (χ4v) is 1.39. The highest BCUT2D eigenvalue weighted by atomic mass is 16.6. The molecule has 0 N–H and O–H groups in total. The molecule has 3 nitrogen and oxygen atoms in total. The van der Waals surface area contributed by atoms with Crippen molar-refractivity contribution < 1.29 is 14.3 Å². The van der Waals surface area contributed by atoms with Crippen molar-refractivity contribution in [1.82, 2.24) is 0 Å². The van der Waals surface area contributed by atoms with Crippen molar-refractivity contribution in [2.75, 3.05) is 0 Å². The van der Waals surface area contributed by atoms with Crippen LogP contribution in [-0.4, -0.2) is 23.8 Å². The molecule has 3 heteroatoms. The second-order valence-electron chi connectivity index (χ2n) is 4.23. The third-order valence-corrected chi connectivity index (χ3v) is 2.29. The van der Waals surface area contributed by atoms with Crippen LogP contribution in [0.1, 0.15) is 40.5 Å². The largest absolute Gasteiger partial charge is 0.458 e. The highest BCUT2D eigenvalue weighted by Gasteiger charge is 2.41. The number of cyclic esters (lactones) is 1. The van der Waals surface area contributed by atoms with Gasteiger partial charge in [-0.25, -0.2) is 4.79 Å². The van der Waals surface area contributed by atoms with Gasteiger partial charge < -0.3 is 9.47 Å². The Morgan fingerprint density at radius 3 is 2.69 bits per heavy atom. The topological polar surface area (TPSA) is 35.5 Å². The Hall–Kier alpha value is -0.570. The van der Waals surface area contributed by atoms with Gasteiger partial charge >= 0.3 is 5.97 Å². The first-order chi connectivity index (χ1) is 5.94. The van der Waals surface area contributed by atoms with Crippen molar-refractivity contribution in [3.63, 3.8) is 0 Å². The van der Waals surface area contributed by atoms with E-state index in [1.54, 1.807) is 0 Å². The predicted octanol–water partition coefficient (Wildman–Crippen LogP) is 1.90. The summed E-state index contributed by atoms with van der Waals surface area (Å²) in [4.78, 5) is 11.3. The molecular formula is C10H18O3. The zero-order valence-electron chi connectivity index (χ0n) is 8.79. The van der Waals surface area contributed by atoms with E-state index in [0.29, 0.717) is 6.42 Å². The van der Waals surface area contributed by atoms with Gasteiger partial charge in [0.15, 0.2) is 6.10 Å². The molecule has 0 aromatic rings. The Morgan fingerprint density at radius 2 is 2.31 bits per heavy atom. The smallest absolute Gasteiger partial charge is 0.335 e. The first kappa shape index (κ1) is 10.5. The molecule has 76 valence electrons. The van der Waals surface area contributed by atoms with E-state index >= 15 is 0 Å². The third-order valence-electron chi connectivity index (χ3n) is 2.29. The molecule has 0 saturated carbocycles. The number of esters is 1. The summed E-state index contributed by atoms with van der Waals surface area (Å²) in [5.41, 5.74) is -0.352. The molecule has 0 aliphatic carbocycles. The van der Waals surface area contributed by atoms with Crippen LogP contribution in [0.4, 0.5) is 0 Å². The van der Waals surface area contributed by atoms with E-state index in [4.69, 9.17) is 9.47 Å². The van der Waals surface area contributed by atoms with E-state index in [0.717, 1.165) is 6.42 Å². The van der Waals surface area contributed by atoms with Crippen LogP contribution in [0.5, 0.6) is 0 Å². The number of carbonyl (C=O) groups excluding carboxylic acids is 1. The number of carbonyl (C=O) groups is 1. The van der Waals surface area contributed by atoms with Crippen LogP contribution in [0, 0.1) is 0 Å². The zero-order valence-corrected chi connectivity index (χ0v) is 8.79. The van der Waals surface area contributed by atoms with Crippen LogP contribution in [0.25, 0.3) is 0 Å². The predicted molar refractivity (Wildman–Crippen MR) is 49.4 cm³/mol. The maximum atomic E-state index is 11.3. The first-order valence-corrected chi connectivity index (χ1v) is 4.83. The van der Waals surface area contributed by atoms with Crippen molar-refractivity contribution in [2.45, 2.75) is 58.3 Å². The summed E-state index contributed by atoms with van der Waals surface area (Å²) in [6.07, 6.45) is 1.36. The minimum absolute atomic E-state index is 0.131. The molecule has 1 aliphatic rings. The Labute approximate surface area is 79.4 Å². The summed E-state index contributed by atoms with van der Waals surface area (Å²) in [7, 11) is 0. The third kappa shape index (κ3) is 2.69. The maximum Gasteiger partial charge on any atom is 0.335 e. The van der Waals surface area contributed by atoms with E-state index in [1.807, 2.05) is 27.7 Å². The van der Waals surface area contributed by atoms with Crippen LogP contribution in [0.2, 0.25) is 0 Å². The van der Waals surface area contributed by atoms with Crippen LogP contribution >= 0.6 is 0 Å². The normalized spacial score (nSPS) is 28.6. The van der Waals surface area contributed by atoms with Gasteiger partial charge in [-0.1, -0.05) is 6.92 Å². The lowest BCUT2D eigenvalue weighted by Gasteiger charge is -2.15. The fourth-order valence-electron chi connectivity index (χ4n) is 1.39. The lowest BCUT2D eigenvalue weighted by Crippen LogP contribution is -2.23. The van der Waals surface area contributed by atoms with E-state index in [-0.39, 0.29) is 23.8 Å². The summed E-state index contributed by atoms with van der Waals surface area (Å²) in [6, 6.07) is 0. The molecule has 0 spiro atoms. The molecule has 1 rings (SSSR count). The van der Waals surface area contributed by atoms with Crippen LogP contribution in [-0.2, 0) is 14.3 Å². The minimum atomic E-state index is -0.357. The van der Waals surface area contributed by atoms with Gasteiger partial charge in [0.25, 0.3) is 0 Å². The number of ether oxygens (including phenoxy) is 2. The number of rotatable bonds is 3. The van der Waals surface area contributed by atoms with E-state index in [2.05, 4.69) is 0 Å². The van der Waals surface area contributed by atoms with Crippen molar-refractivity contribution in [3.8, 4) is 0 Å². The van der Waals surface area contributed by atoms with Crippen molar-refractivity contribution >= 4 is 5.97 Å². The summed E-state index contributed by atoms with van der Waals surface area (Å²) in [5, 5.41) is 0. The summed E-state index contributed by atoms with van der Waals surface area (Å²) in [6.45, 7) is 7.82. The second-order valence-corrected chi connectivity index (χ2v) is 4.23. The molecule has 0 aromatic heterocycles. The molecule has 0 aromatic carbocycles. The number of hydrogen-bond donors (Lipinski definition) is 0. The summed E-state index contributed by atoms with van der Waals surface area (Å²) in [5.74, 6) is -0.217. The van der Waals surface area contributed by atoms with E-state index < -0.39 is 0 Å². The second kappa shape index (κ2) is 3.66. The quantitative estimate of drug-likeness (QED) is 0.631. The van der Waals surface area contributed by atoms with Crippen molar-refractivity contribution in [1.29, 1.82) is 0 Å². The van der Waals surface area contributed by atoms with Crippen LogP contribution < -0.4 is 0 Å². The summed E-state index contributed by atoms with van der Waals surface area (Å²) >= 11 is 0. The lowest BCUT2D eigenvalue weighted by atomic mass is 10.0. The monoisotopic (exact) mass is 186 g/mol. The van der Waals surface area contributed by atoms with Crippen LogP contribution in [0.3, 0.4) is 0 Å². The van der Waals surface area contributed by atoms with E-state index in [1.165, 1.54) is 0 Å². The molecule has 0 amide bonds. The van der Waals surface area contributed by atoms with Gasteiger partial charge in [0.2, 0.25) is 0 Å². The van der Waals surface area contributed by atoms with Gasteiger partial charge in [-0.3, -0.25) is 0 Å². The first-order valence-electron chi connectivity index (χ1n) is 4.83. The molecule has 2 atom stereocenters. The van der Waals surface area contributed by atoms with Crippen LogP contribution in [0.15, 0.2) is 0 Å². The Bertz CT molecular complexity index is 198. The van der Waals surface area contributed by atoms with E-state index in [9.17, 15) is 4.79 Å². The molecule has 1 aliphatic heterocycles. The van der Waals surface area contributed by atoms with Gasteiger partial charge in [0.1, 0.15) is 5.60 Å². The average molecular weight is 186 g/mol. The van der Waals surface area contributed by atoms with Gasteiger partial charge in [0, 0.05) is 6.42 Å². The minimum Gasteiger partial charge on any atom is -0.458 e. The highest BCUT2D eigenvalue weighted by molar-refractivity contribution is 5.77. The molecule has 2 unspecified atom stereocenters. The highest BCUT2D eigenvalue weighted by Crippen LogP contribution is 2.28. The summed E-state index contributed by atoms with van der Waals surface area (Å²) < 4.78 is 10.7. The molecule has 13 heavy (non-hydrogen) atoms. The molecule has 1 fully saturated rings. The SMILES string of the molecule is CCC(C)OC1CC(C)(C)OC1=O. The van der Waals surface area contributed by atoms with Gasteiger partial charge in [0.05, 0.1) is 6.10 Å². The Morgan fingerprint density at radius 1 is 1.69 bits per heavy atom. The zero-order chi connectivity index (χ0) is 10.1. The van der Waals surface area contributed by atoms with Crippen molar-refractivity contribution in [3.05, 3.63) is 0 Å². The van der Waals surface area contributed by atoms with Gasteiger partial charge in [-0.05, 0) is 27.2 Å².